The number of nitrogens with zero attached hydrogens (tertiary/aromatic N) is 4. The van der Waals surface area contributed by atoms with Gasteiger partial charge in [0.15, 0.2) is 0 Å². The highest BCUT2D eigenvalue weighted by atomic mass is 35.5. The van der Waals surface area contributed by atoms with Crippen molar-refractivity contribution in [3.63, 3.8) is 0 Å². The second-order valence-corrected chi connectivity index (χ2v) is 11.6. The second kappa shape index (κ2) is 12.3. The van der Waals surface area contributed by atoms with Crippen LogP contribution in [-0.2, 0) is 14.8 Å². The van der Waals surface area contributed by atoms with Crippen molar-refractivity contribution in [3.05, 3.63) is 88.7 Å². The quantitative estimate of drug-likeness (QED) is 0.245. The van der Waals surface area contributed by atoms with E-state index in [4.69, 9.17) is 11.6 Å². The van der Waals surface area contributed by atoms with Crippen LogP contribution < -0.4 is 10.0 Å². The van der Waals surface area contributed by atoms with E-state index in [2.05, 4.69) is 31.1 Å². The summed E-state index contributed by atoms with van der Waals surface area (Å²) < 4.78 is 27.8. The number of benzene rings is 2. The zero-order chi connectivity index (χ0) is 28.0. The van der Waals surface area contributed by atoms with Crippen LogP contribution in [0.15, 0.2) is 76.7 Å². The Kier molecular flexibility index (Phi) is 8.81. The Morgan fingerprint density at radius 1 is 0.974 bits per heavy atom. The van der Waals surface area contributed by atoms with Gasteiger partial charge in [-0.3, -0.25) is 4.79 Å². The van der Waals surface area contributed by atoms with Gasteiger partial charge in [0.2, 0.25) is 11.9 Å². The monoisotopic (exact) mass is 578 g/mol. The van der Waals surface area contributed by atoms with Crippen molar-refractivity contribution in [3.8, 4) is 17.3 Å². The highest BCUT2D eigenvalue weighted by Crippen LogP contribution is 2.27. The van der Waals surface area contributed by atoms with E-state index in [0.717, 1.165) is 5.56 Å². The third-order valence-electron chi connectivity index (χ3n) is 5.34. The maximum absolute atomic E-state index is 12.7. The van der Waals surface area contributed by atoms with E-state index in [-0.39, 0.29) is 23.2 Å². The number of nitrogens with one attached hydrogen (secondary N) is 2. The molecule has 4 aromatic rings. The van der Waals surface area contributed by atoms with E-state index in [9.17, 15) is 18.5 Å². The van der Waals surface area contributed by atoms with Gasteiger partial charge in [0.25, 0.3) is 10.0 Å². The molecule has 0 radical (unpaired) electrons. The summed E-state index contributed by atoms with van der Waals surface area (Å²) >= 11 is 7.27. The summed E-state index contributed by atoms with van der Waals surface area (Å²) in [7, 11) is -3.90. The number of aromatic nitrogens is 3. The van der Waals surface area contributed by atoms with Crippen LogP contribution in [0, 0.1) is 25.2 Å². The van der Waals surface area contributed by atoms with Crippen LogP contribution in [0.25, 0.3) is 11.3 Å². The Labute approximate surface area is 235 Å². The Balaban J connectivity index is 1.34. The van der Waals surface area contributed by atoms with Gasteiger partial charge in [-0.25, -0.2) is 28.1 Å². The summed E-state index contributed by atoms with van der Waals surface area (Å²) in [6.07, 6.45) is 0.161. The molecular formula is C27H23ClN6O3S2. The first-order valence-corrected chi connectivity index (χ1v) is 14.5. The Morgan fingerprint density at radius 2 is 1.64 bits per heavy atom. The number of sulfonamides is 1. The van der Waals surface area contributed by atoms with Crippen LogP contribution in [0.1, 0.15) is 23.4 Å². The number of aryl methyl sites for hydroxylation is 2. The molecule has 0 aliphatic rings. The van der Waals surface area contributed by atoms with Gasteiger partial charge in [0.05, 0.1) is 16.2 Å². The first-order valence-electron chi connectivity index (χ1n) is 11.7. The van der Waals surface area contributed by atoms with Crippen molar-refractivity contribution in [1.29, 1.82) is 5.26 Å². The zero-order valence-electron chi connectivity index (χ0n) is 21.0. The van der Waals surface area contributed by atoms with Gasteiger partial charge in [0.1, 0.15) is 11.1 Å². The molecule has 0 saturated heterocycles. The van der Waals surface area contributed by atoms with Gasteiger partial charge in [-0.05, 0) is 68.4 Å². The third kappa shape index (κ3) is 7.54. The number of amides is 1. The van der Waals surface area contributed by atoms with E-state index in [0.29, 0.717) is 44.1 Å². The van der Waals surface area contributed by atoms with E-state index in [1.807, 2.05) is 12.1 Å². The number of nitriles is 1. The van der Waals surface area contributed by atoms with Crippen LogP contribution in [-0.4, -0.2) is 35.0 Å². The molecule has 0 atom stereocenters. The highest BCUT2D eigenvalue weighted by Gasteiger charge is 2.16. The van der Waals surface area contributed by atoms with Crippen LogP contribution in [0.5, 0.6) is 0 Å². The Bertz CT molecular complexity index is 1630. The fourth-order valence-corrected chi connectivity index (χ4v) is 5.53. The molecular weight excluding hydrogens is 556 g/mol. The first-order chi connectivity index (χ1) is 18.6. The van der Waals surface area contributed by atoms with Crippen molar-refractivity contribution in [2.45, 2.75) is 30.2 Å². The molecule has 0 spiro atoms. The summed E-state index contributed by atoms with van der Waals surface area (Å²) in [5.74, 6) is 0.131. The van der Waals surface area contributed by atoms with Crippen LogP contribution in [0.4, 0.5) is 11.6 Å². The molecule has 1 amide bonds. The first kappa shape index (κ1) is 28.0. The molecule has 39 heavy (non-hydrogen) atoms. The number of carbonyl (C=O) groups excluding carboxylic acids is 1. The molecule has 9 nitrogen and oxygen atoms in total. The molecule has 0 aliphatic carbocycles. The molecule has 0 fully saturated rings. The number of rotatable bonds is 9. The minimum absolute atomic E-state index is 0.00451. The molecule has 2 heterocycles. The number of pyridine rings is 1. The minimum Gasteiger partial charge on any atom is -0.326 e. The molecule has 2 N–H and O–H groups in total. The zero-order valence-corrected chi connectivity index (χ0v) is 23.4. The number of halogens is 1. The minimum atomic E-state index is -3.90. The molecule has 0 unspecified atom stereocenters. The largest absolute Gasteiger partial charge is 0.326 e. The van der Waals surface area contributed by atoms with Gasteiger partial charge in [-0.15, -0.1) is 11.8 Å². The average Bonchev–Trinajstić information content (AvgIpc) is 2.88. The molecule has 0 aliphatic heterocycles. The summed E-state index contributed by atoms with van der Waals surface area (Å²) in [5, 5.41) is 13.4. The molecule has 2 aromatic carbocycles. The molecule has 0 bridgehead atoms. The fourth-order valence-electron chi connectivity index (χ4n) is 3.55. The average molecular weight is 579 g/mol. The van der Waals surface area contributed by atoms with Gasteiger partial charge in [0, 0.05) is 39.8 Å². The molecule has 0 saturated carbocycles. The predicted molar refractivity (Wildman–Crippen MR) is 152 cm³/mol. The number of carbonyl (C=O) groups is 1. The summed E-state index contributed by atoms with van der Waals surface area (Å²) in [5.41, 5.74) is 3.73. The van der Waals surface area contributed by atoms with Crippen molar-refractivity contribution in [2.75, 3.05) is 15.8 Å². The summed E-state index contributed by atoms with van der Waals surface area (Å²) in [6.45, 7) is 3.50. The van der Waals surface area contributed by atoms with Gasteiger partial charge < -0.3 is 5.32 Å². The van der Waals surface area contributed by atoms with E-state index in [1.165, 1.54) is 36.0 Å². The summed E-state index contributed by atoms with van der Waals surface area (Å²) in [4.78, 5) is 25.3. The van der Waals surface area contributed by atoms with E-state index in [1.54, 1.807) is 44.2 Å². The van der Waals surface area contributed by atoms with Crippen LogP contribution in [0.3, 0.4) is 0 Å². The Morgan fingerprint density at radius 3 is 2.28 bits per heavy atom. The molecule has 4 rings (SSSR count). The van der Waals surface area contributed by atoms with Gasteiger partial charge >= 0.3 is 0 Å². The number of thioether (sulfide) groups is 1. The molecule has 2 aromatic heterocycles. The summed E-state index contributed by atoms with van der Waals surface area (Å²) in [6, 6.07) is 20.4. The standard InChI is InChI=1S/C27H23ClN6O3S2/c1-17-15-18(2)31-27(30-17)34-39(36,37)23-10-8-22(9-11-23)32-25(35)13-14-38-26-20(16-29)5-12-24(33-26)19-3-6-21(28)7-4-19/h3-12,15H,13-14H2,1-2H3,(H,32,35)(H,30,31,34). The van der Waals surface area contributed by atoms with Crippen molar-refractivity contribution in [1.82, 2.24) is 15.0 Å². The van der Waals surface area contributed by atoms with Gasteiger partial charge in [-0.2, -0.15) is 5.26 Å². The van der Waals surface area contributed by atoms with E-state index < -0.39 is 10.0 Å². The lowest BCUT2D eigenvalue weighted by Gasteiger charge is -2.10. The smallest absolute Gasteiger partial charge is 0.264 e. The maximum atomic E-state index is 12.7. The lowest BCUT2D eigenvalue weighted by atomic mass is 10.1. The highest BCUT2D eigenvalue weighted by molar-refractivity contribution is 7.99. The molecule has 198 valence electrons. The lowest BCUT2D eigenvalue weighted by molar-refractivity contribution is -0.115. The number of anilines is 2. The van der Waals surface area contributed by atoms with Crippen LogP contribution in [0.2, 0.25) is 5.02 Å². The van der Waals surface area contributed by atoms with Crippen molar-refractivity contribution in [2.24, 2.45) is 0 Å². The third-order valence-corrected chi connectivity index (χ3v) is 7.93. The number of hydrogen-bond donors (Lipinski definition) is 2. The van der Waals surface area contributed by atoms with Crippen molar-refractivity contribution < 1.29 is 13.2 Å². The topological polar surface area (TPSA) is 138 Å². The van der Waals surface area contributed by atoms with Gasteiger partial charge in [-0.1, -0.05) is 23.7 Å². The second-order valence-electron chi connectivity index (χ2n) is 8.42. The van der Waals surface area contributed by atoms with Crippen molar-refractivity contribution >= 4 is 50.9 Å². The maximum Gasteiger partial charge on any atom is 0.264 e. The molecule has 12 heteroatoms. The van der Waals surface area contributed by atoms with E-state index >= 15 is 0 Å². The predicted octanol–water partition coefficient (Wildman–Crippen LogP) is 5.60. The number of hydrogen-bond acceptors (Lipinski definition) is 8. The Hall–Kier alpha value is -3.98. The lowest BCUT2D eigenvalue weighted by Crippen LogP contribution is -2.16. The normalized spacial score (nSPS) is 11.0. The fraction of sp³-hybridized carbons (Fsp3) is 0.148. The van der Waals surface area contributed by atoms with Crippen LogP contribution >= 0.6 is 23.4 Å². The SMILES string of the molecule is Cc1cc(C)nc(NS(=O)(=O)c2ccc(NC(=O)CCSc3nc(-c4ccc(Cl)cc4)ccc3C#N)cc2)n1.